The van der Waals surface area contributed by atoms with Crippen molar-refractivity contribution >= 4 is 29.5 Å². The van der Waals surface area contributed by atoms with Gasteiger partial charge in [-0.05, 0) is 58.3 Å². The number of hydrogen-bond acceptors (Lipinski definition) is 8. The molecular weight excluding hydrogens is 640 g/mol. The molecule has 0 heterocycles. The third-order valence-corrected chi connectivity index (χ3v) is 10.3. The fourth-order valence-corrected chi connectivity index (χ4v) is 6.73. The van der Waals surface area contributed by atoms with E-state index in [1.54, 1.807) is 27.8 Å². The molecule has 13 nitrogen and oxygen atoms in total. The van der Waals surface area contributed by atoms with Crippen molar-refractivity contribution in [2.24, 2.45) is 35.1 Å². The van der Waals surface area contributed by atoms with E-state index in [4.69, 9.17) is 16.2 Å². The quantitative estimate of drug-likeness (QED) is 0.0868. The second-order valence-electron chi connectivity index (χ2n) is 15.2. The van der Waals surface area contributed by atoms with Gasteiger partial charge in [0.05, 0.1) is 30.1 Å². The van der Waals surface area contributed by atoms with E-state index in [1.807, 2.05) is 27.7 Å². The number of amides is 5. The molecule has 0 spiro atoms. The average molecular weight is 711 g/mol. The second-order valence-corrected chi connectivity index (χ2v) is 15.2. The number of unbranched alkanes of at least 4 members (excludes halogenated alkanes) is 3. The van der Waals surface area contributed by atoms with E-state index in [0.29, 0.717) is 12.8 Å². The monoisotopic (exact) mass is 711 g/mol. The Bertz CT molecular complexity index is 1080. The van der Waals surface area contributed by atoms with E-state index in [2.05, 4.69) is 22.9 Å². The van der Waals surface area contributed by atoms with Gasteiger partial charge in [0, 0.05) is 20.1 Å². The molecule has 1 rings (SSSR count). The molecule has 290 valence electrons. The Morgan fingerprint density at radius 2 is 1.54 bits per heavy atom. The second kappa shape index (κ2) is 22.2. The van der Waals surface area contributed by atoms with E-state index < -0.39 is 65.5 Å². The van der Waals surface area contributed by atoms with E-state index >= 15 is 0 Å². The molecule has 0 aromatic rings. The van der Waals surface area contributed by atoms with Gasteiger partial charge in [0.15, 0.2) is 0 Å². The number of ether oxygens (including phenoxy) is 1. The number of likely N-dealkylation sites (N-methyl/N-ethyl adjacent to an activating group) is 1. The Balaban J connectivity index is 3.31. The number of primary amides is 1. The van der Waals surface area contributed by atoms with Gasteiger partial charge >= 0.3 is 0 Å². The van der Waals surface area contributed by atoms with Gasteiger partial charge in [-0.15, -0.1) is 0 Å². The highest BCUT2D eigenvalue weighted by Gasteiger charge is 2.45. The van der Waals surface area contributed by atoms with Crippen LogP contribution in [0.1, 0.15) is 126 Å². The van der Waals surface area contributed by atoms with Crippen molar-refractivity contribution in [1.82, 2.24) is 20.9 Å². The van der Waals surface area contributed by atoms with Crippen molar-refractivity contribution in [3.8, 4) is 0 Å². The van der Waals surface area contributed by atoms with Crippen molar-refractivity contribution in [2.45, 2.75) is 162 Å². The first-order chi connectivity index (χ1) is 23.4. The van der Waals surface area contributed by atoms with Crippen LogP contribution in [0, 0.1) is 23.7 Å². The molecule has 50 heavy (non-hydrogen) atoms. The first-order valence-corrected chi connectivity index (χ1v) is 18.9. The molecule has 5 amide bonds. The van der Waals surface area contributed by atoms with Crippen molar-refractivity contribution in [3.63, 3.8) is 0 Å². The van der Waals surface area contributed by atoms with Gasteiger partial charge in [-0.25, -0.2) is 0 Å². The van der Waals surface area contributed by atoms with Crippen LogP contribution in [0.5, 0.6) is 0 Å². The van der Waals surface area contributed by atoms with E-state index in [0.717, 1.165) is 57.8 Å². The summed E-state index contributed by atoms with van der Waals surface area (Å²) in [7, 11) is 1.63. The molecule has 0 bridgehead atoms. The van der Waals surface area contributed by atoms with E-state index in [9.17, 15) is 29.1 Å². The summed E-state index contributed by atoms with van der Waals surface area (Å²) < 4.78 is 6.42. The minimum absolute atomic E-state index is 0.0310. The zero-order valence-corrected chi connectivity index (χ0v) is 32.4. The Labute approximate surface area is 301 Å². The fraction of sp³-hybridized carbons (Fsp3) is 0.865. The maximum absolute atomic E-state index is 14.4. The summed E-state index contributed by atoms with van der Waals surface area (Å²) in [5.41, 5.74) is 9.83. The van der Waals surface area contributed by atoms with Gasteiger partial charge < -0.3 is 42.2 Å². The highest BCUT2D eigenvalue weighted by atomic mass is 16.5. The van der Waals surface area contributed by atoms with Crippen LogP contribution >= 0.6 is 0 Å². The summed E-state index contributed by atoms with van der Waals surface area (Å²) in [4.78, 5) is 68.1. The van der Waals surface area contributed by atoms with Crippen LogP contribution < -0.4 is 27.4 Å². The first-order valence-electron chi connectivity index (χ1n) is 18.9. The average Bonchev–Trinajstić information content (AvgIpc) is 3.07. The summed E-state index contributed by atoms with van der Waals surface area (Å²) in [5.74, 6) is -3.56. The lowest BCUT2D eigenvalue weighted by molar-refractivity contribution is -0.154. The minimum atomic E-state index is -1.31. The van der Waals surface area contributed by atoms with Gasteiger partial charge in [-0.1, -0.05) is 79.6 Å². The number of aliphatic hydroxyl groups is 1. The number of nitrogens with one attached hydrogen (secondary N) is 3. The zero-order chi connectivity index (χ0) is 38.2. The highest BCUT2D eigenvalue weighted by molar-refractivity contribution is 5.96. The van der Waals surface area contributed by atoms with Gasteiger partial charge in [0.2, 0.25) is 29.5 Å². The van der Waals surface area contributed by atoms with Gasteiger partial charge in [0.25, 0.3) is 0 Å². The molecule has 1 unspecified atom stereocenters. The van der Waals surface area contributed by atoms with E-state index in [1.165, 1.54) is 4.90 Å². The third kappa shape index (κ3) is 14.1. The van der Waals surface area contributed by atoms with Gasteiger partial charge in [0.1, 0.15) is 17.6 Å². The van der Waals surface area contributed by atoms with Gasteiger partial charge in [-0.2, -0.15) is 0 Å². The van der Waals surface area contributed by atoms with Crippen LogP contribution in [0.25, 0.3) is 0 Å². The topological polar surface area (TPSA) is 206 Å². The van der Waals surface area contributed by atoms with Crippen LogP contribution in [0.4, 0.5) is 0 Å². The van der Waals surface area contributed by atoms with Crippen LogP contribution in [0.15, 0.2) is 0 Å². The van der Waals surface area contributed by atoms with Crippen molar-refractivity contribution in [3.05, 3.63) is 0 Å². The van der Waals surface area contributed by atoms with E-state index in [-0.39, 0.29) is 36.7 Å². The van der Waals surface area contributed by atoms with Crippen molar-refractivity contribution < 1.29 is 33.8 Å². The van der Waals surface area contributed by atoms with Crippen molar-refractivity contribution in [2.75, 3.05) is 20.1 Å². The molecule has 0 aromatic heterocycles. The maximum atomic E-state index is 14.4. The van der Waals surface area contributed by atoms with Gasteiger partial charge in [-0.3, -0.25) is 24.0 Å². The molecule has 1 aliphatic carbocycles. The number of aliphatic hydroxyl groups excluding tert-OH is 1. The summed E-state index contributed by atoms with van der Waals surface area (Å²) in [6.45, 7) is 14.7. The summed E-state index contributed by atoms with van der Waals surface area (Å²) in [5, 5.41) is 18.3. The molecule has 1 aliphatic rings. The lowest BCUT2D eigenvalue weighted by Crippen LogP contribution is -2.64. The Morgan fingerprint density at radius 1 is 0.920 bits per heavy atom. The Kier molecular flexibility index (Phi) is 20.1. The highest BCUT2D eigenvalue weighted by Crippen LogP contribution is 2.31. The molecular formula is C37H70N6O7. The first kappa shape index (κ1) is 45.3. The predicted octanol–water partition coefficient (Wildman–Crippen LogP) is 2.76. The Morgan fingerprint density at radius 3 is 2.06 bits per heavy atom. The molecule has 13 heteroatoms. The molecule has 0 saturated heterocycles. The standard InChI is InChI=1S/C37H70N6O7/c1-10-11-12-16-19-30(50-24(4)22-40-33(46)25(5)27(7)44)26(6)35(48)43(9)37(8,20-23(2)3)36(49)42-31(28-17-14-13-15-18-28)34(47)41-29(21-38)32(39)45/h23-31,44H,10-22,38H2,1-9H3,(H2,39,45)(H,40,46)(H,41,47)(H,42,49)/t24-,25+,26-,27+,29+,30-,31+,37?/m1/s1. The number of nitrogens with two attached hydrogens (primary N) is 2. The van der Waals surface area contributed by atoms with Crippen molar-refractivity contribution in [1.29, 1.82) is 0 Å². The summed E-state index contributed by atoms with van der Waals surface area (Å²) in [6.07, 6.45) is 7.62. The number of carbonyl (C=O) groups excluding carboxylic acids is 5. The number of nitrogens with zero attached hydrogens (tertiary/aromatic N) is 1. The number of hydrogen-bond donors (Lipinski definition) is 6. The smallest absolute Gasteiger partial charge is 0.246 e. The normalized spacial score (nSPS) is 19.2. The molecule has 1 fully saturated rings. The summed E-state index contributed by atoms with van der Waals surface area (Å²) in [6, 6.07) is -1.99. The molecule has 8 atom stereocenters. The third-order valence-electron chi connectivity index (χ3n) is 10.3. The SMILES string of the molecule is CCCCCC[C@@H](O[C@H](C)CNC(=O)[C@@H](C)[C@H](C)O)[C@@H](C)C(=O)N(C)C(C)(CC(C)C)C(=O)N[C@H](C(=O)N[C@@H](CN)C(N)=O)C1CCCCC1. The van der Waals surface area contributed by atoms with Crippen LogP contribution in [0.2, 0.25) is 0 Å². The number of rotatable bonds is 23. The largest absolute Gasteiger partial charge is 0.393 e. The molecule has 0 aromatic carbocycles. The maximum Gasteiger partial charge on any atom is 0.246 e. The zero-order valence-electron chi connectivity index (χ0n) is 32.4. The molecule has 0 radical (unpaired) electrons. The predicted molar refractivity (Wildman–Crippen MR) is 195 cm³/mol. The molecule has 1 saturated carbocycles. The fourth-order valence-electron chi connectivity index (χ4n) is 6.73. The van der Waals surface area contributed by atoms with Crippen LogP contribution in [-0.4, -0.2) is 95.6 Å². The number of carbonyl (C=O) groups is 5. The van der Waals surface area contributed by atoms with Crippen LogP contribution in [0.3, 0.4) is 0 Å². The lowest BCUT2D eigenvalue weighted by atomic mass is 9.82. The molecule has 0 aliphatic heterocycles. The molecule has 8 N–H and O–H groups in total. The van der Waals surface area contributed by atoms with Crippen LogP contribution in [-0.2, 0) is 28.7 Å². The Hall–Kier alpha value is -2.77. The summed E-state index contributed by atoms with van der Waals surface area (Å²) >= 11 is 0. The lowest BCUT2D eigenvalue weighted by Gasteiger charge is -2.42. The minimum Gasteiger partial charge on any atom is -0.393 e.